The molecule has 0 N–H and O–H groups in total. The highest BCUT2D eigenvalue weighted by Crippen LogP contribution is 2.45. The molecule has 1 aromatic heterocycles. The van der Waals surface area contributed by atoms with Gasteiger partial charge in [0.1, 0.15) is 11.3 Å². The SMILES string of the molecule is C1=Cc2c(oc3ccc(-c4c5ccccc5c(-c5ccccc5)c5cc(-c6ccccc6)ccc45)cc23)CC1. The van der Waals surface area contributed by atoms with Gasteiger partial charge in [0, 0.05) is 17.4 Å². The molecule has 0 radical (unpaired) electrons. The average Bonchev–Trinajstić information content (AvgIpc) is 3.38. The second-order valence-corrected chi connectivity index (χ2v) is 10.4. The maximum absolute atomic E-state index is 6.25. The third-order valence-corrected chi connectivity index (χ3v) is 8.11. The van der Waals surface area contributed by atoms with Crippen molar-refractivity contribution < 1.29 is 4.42 Å². The molecule has 1 aliphatic rings. The van der Waals surface area contributed by atoms with Crippen molar-refractivity contribution in [3.05, 3.63) is 139 Å². The van der Waals surface area contributed by atoms with Gasteiger partial charge in [0.2, 0.25) is 0 Å². The van der Waals surface area contributed by atoms with Gasteiger partial charge in [0.25, 0.3) is 0 Å². The first-order chi connectivity index (χ1) is 19.3. The topological polar surface area (TPSA) is 13.1 Å². The lowest BCUT2D eigenvalue weighted by Gasteiger charge is -2.19. The molecule has 6 aromatic carbocycles. The van der Waals surface area contributed by atoms with Crippen LogP contribution in [-0.4, -0.2) is 0 Å². The number of rotatable bonds is 3. The molecule has 0 fully saturated rings. The standard InChI is InChI=1S/C38H26O/c1-3-11-25(12-4-1)27-19-21-32-34(23-27)37(26-13-5-2-6-14-26)30-16-7-8-17-31(30)38(32)28-20-22-36-33(24-28)29-15-9-10-18-35(29)39-36/h1-9,11-17,19-24H,10,18H2. The van der Waals surface area contributed by atoms with Crippen LogP contribution in [0.4, 0.5) is 0 Å². The van der Waals surface area contributed by atoms with E-state index in [2.05, 4.69) is 133 Å². The van der Waals surface area contributed by atoms with E-state index in [-0.39, 0.29) is 0 Å². The van der Waals surface area contributed by atoms with Crippen molar-refractivity contribution in [1.82, 2.24) is 0 Å². The molecular formula is C38H26O. The zero-order valence-corrected chi connectivity index (χ0v) is 21.5. The smallest absolute Gasteiger partial charge is 0.134 e. The molecule has 39 heavy (non-hydrogen) atoms. The molecule has 8 rings (SSSR count). The van der Waals surface area contributed by atoms with Crippen LogP contribution in [0.3, 0.4) is 0 Å². The Bertz CT molecular complexity index is 2040. The van der Waals surface area contributed by atoms with E-state index in [1.54, 1.807) is 0 Å². The molecule has 0 bridgehead atoms. The lowest BCUT2D eigenvalue weighted by molar-refractivity contribution is 0.546. The van der Waals surface area contributed by atoms with Crippen LogP contribution in [0.1, 0.15) is 17.7 Å². The normalized spacial score (nSPS) is 12.8. The third-order valence-electron chi connectivity index (χ3n) is 8.11. The van der Waals surface area contributed by atoms with Crippen LogP contribution >= 0.6 is 0 Å². The van der Waals surface area contributed by atoms with Gasteiger partial charge in [-0.25, -0.2) is 0 Å². The van der Waals surface area contributed by atoms with Crippen molar-refractivity contribution in [2.24, 2.45) is 0 Å². The van der Waals surface area contributed by atoms with E-state index >= 15 is 0 Å². The fourth-order valence-corrected chi connectivity index (χ4v) is 6.32. The van der Waals surface area contributed by atoms with Gasteiger partial charge in [0.05, 0.1) is 0 Å². The van der Waals surface area contributed by atoms with Gasteiger partial charge in [-0.05, 0) is 79.5 Å². The molecule has 0 atom stereocenters. The largest absolute Gasteiger partial charge is 0.460 e. The van der Waals surface area contributed by atoms with Crippen LogP contribution in [-0.2, 0) is 6.42 Å². The molecule has 184 valence electrons. The fourth-order valence-electron chi connectivity index (χ4n) is 6.32. The minimum Gasteiger partial charge on any atom is -0.460 e. The van der Waals surface area contributed by atoms with Crippen LogP contribution in [0.25, 0.3) is 72.0 Å². The Morgan fingerprint density at radius 1 is 0.462 bits per heavy atom. The molecule has 0 unspecified atom stereocenters. The Morgan fingerprint density at radius 3 is 1.85 bits per heavy atom. The van der Waals surface area contributed by atoms with Crippen molar-refractivity contribution >= 4 is 38.6 Å². The van der Waals surface area contributed by atoms with Gasteiger partial charge in [0.15, 0.2) is 0 Å². The first-order valence-corrected chi connectivity index (χ1v) is 13.7. The summed E-state index contributed by atoms with van der Waals surface area (Å²) in [7, 11) is 0. The first kappa shape index (κ1) is 22.1. The average molecular weight is 499 g/mol. The molecule has 1 heterocycles. The van der Waals surface area contributed by atoms with E-state index in [0.717, 1.165) is 24.2 Å². The predicted molar refractivity (Wildman–Crippen MR) is 165 cm³/mol. The molecule has 0 spiro atoms. The molecule has 0 saturated carbocycles. The lowest BCUT2D eigenvalue weighted by Crippen LogP contribution is -1.92. The zero-order valence-electron chi connectivity index (χ0n) is 21.5. The van der Waals surface area contributed by atoms with E-state index in [4.69, 9.17) is 4.42 Å². The molecule has 0 aliphatic heterocycles. The minimum absolute atomic E-state index is 0.968. The summed E-state index contributed by atoms with van der Waals surface area (Å²) >= 11 is 0. The molecule has 7 aromatic rings. The van der Waals surface area contributed by atoms with E-state index in [1.165, 1.54) is 65.9 Å². The van der Waals surface area contributed by atoms with Crippen LogP contribution in [0.15, 0.2) is 132 Å². The monoisotopic (exact) mass is 498 g/mol. The molecule has 1 heteroatoms. The Balaban J connectivity index is 1.49. The number of furan rings is 1. The number of aryl methyl sites for hydroxylation is 1. The first-order valence-electron chi connectivity index (χ1n) is 13.7. The zero-order chi connectivity index (χ0) is 25.8. The summed E-state index contributed by atoms with van der Waals surface area (Å²) in [5.74, 6) is 1.10. The van der Waals surface area contributed by atoms with Gasteiger partial charge >= 0.3 is 0 Å². The second-order valence-electron chi connectivity index (χ2n) is 10.4. The summed E-state index contributed by atoms with van der Waals surface area (Å²) in [5, 5.41) is 6.27. The van der Waals surface area contributed by atoms with Gasteiger partial charge < -0.3 is 4.42 Å². The van der Waals surface area contributed by atoms with Gasteiger partial charge in [-0.15, -0.1) is 0 Å². The van der Waals surface area contributed by atoms with Gasteiger partial charge in [-0.3, -0.25) is 0 Å². The Hall–Kier alpha value is -4.88. The predicted octanol–water partition coefficient (Wildman–Crippen LogP) is 10.7. The van der Waals surface area contributed by atoms with Gasteiger partial charge in [-0.2, -0.15) is 0 Å². The maximum atomic E-state index is 6.25. The summed E-state index contributed by atoms with van der Waals surface area (Å²) in [6.07, 6.45) is 6.50. The van der Waals surface area contributed by atoms with Crippen molar-refractivity contribution in [2.75, 3.05) is 0 Å². The molecule has 0 saturated heterocycles. The summed E-state index contributed by atoms with van der Waals surface area (Å²) in [4.78, 5) is 0. The number of fused-ring (bicyclic) bond motifs is 5. The summed E-state index contributed by atoms with van der Waals surface area (Å²) in [6.45, 7) is 0. The second kappa shape index (κ2) is 8.85. The van der Waals surface area contributed by atoms with E-state index in [9.17, 15) is 0 Å². The lowest BCUT2D eigenvalue weighted by atomic mass is 9.84. The maximum Gasteiger partial charge on any atom is 0.134 e. The van der Waals surface area contributed by atoms with E-state index < -0.39 is 0 Å². The number of hydrogen-bond donors (Lipinski definition) is 0. The summed E-state index contributed by atoms with van der Waals surface area (Å²) in [5.41, 5.74) is 9.68. The van der Waals surface area contributed by atoms with Gasteiger partial charge in [-0.1, -0.05) is 115 Å². The highest BCUT2D eigenvalue weighted by atomic mass is 16.3. The fraction of sp³-hybridized carbons (Fsp3) is 0.0526. The molecule has 1 nitrogen and oxygen atoms in total. The quantitative estimate of drug-likeness (QED) is 0.221. The highest BCUT2D eigenvalue weighted by Gasteiger charge is 2.20. The number of benzene rings is 6. The Kier molecular flexibility index (Phi) is 5.03. The van der Waals surface area contributed by atoms with E-state index in [1.807, 2.05) is 0 Å². The van der Waals surface area contributed by atoms with Crippen molar-refractivity contribution in [3.8, 4) is 33.4 Å². The van der Waals surface area contributed by atoms with Crippen LogP contribution in [0.2, 0.25) is 0 Å². The van der Waals surface area contributed by atoms with Crippen LogP contribution < -0.4 is 0 Å². The van der Waals surface area contributed by atoms with E-state index in [0.29, 0.717) is 0 Å². The Labute approximate surface area is 227 Å². The minimum atomic E-state index is 0.968. The highest BCUT2D eigenvalue weighted by molar-refractivity contribution is 6.22. The number of hydrogen-bond acceptors (Lipinski definition) is 1. The molecular weight excluding hydrogens is 472 g/mol. The molecule has 0 amide bonds. The third kappa shape index (κ3) is 3.55. The summed E-state index contributed by atoms with van der Waals surface area (Å²) < 4.78 is 6.25. The van der Waals surface area contributed by atoms with Crippen LogP contribution in [0.5, 0.6) is 0 Å². The van der Waals surface area contributed by atoms with Crippen molar-refractivity contribution in [1.29, 1.82) is 0 Å². The summed E-state index contributed by atoms with van der Waals surface area (Å²) in [6, 6.07) is 44.0. The van der Waals surface area contributed by atoms with Crippen molar-refractivity contribution in [3.63, 3.8) is 0 Å². The van der Waals surface area contributed by atoms with Crippen LogP contribution in [0, 0.1) is 0 Å². The number of allylic oxidation sites excluding steroid dienone is 1. The Morgan fingerprint density at radius 2 is 1.08 bits per heavy atom. The van der Waals surface area contributed by atoms with Crippen molar-refractivity contribution in [2.45, 2.75) is 12.8 Å². The molecule has 1 aliphatic carbocycles.